The van der Waals surface area contributed by atoms with Gasteiger partial charge in [-0.3, -0.25) is 4.79 Å². The summed E-state index contributed by atoms with van der Waals surface area (Å²) in [6, 6.07) is 5.60. The molecule has 0 aromatic heterocycles. The van der Waals surface area contributed by atoms with E-state index in [1.807, 2.05) is 12.1 Å². The van der Waals surface area contributed by atoms with E-state index >= 15 is 0 Å². The number of rotatable bonds is 2. The van der Waals surface area contributed by atoms with E-state index < -0.39 is 6.04 Å². The van der Waals surface area contributed by atoms with E-state index in [0.717, 1.165) is 18.4 Å². The number of benzene rings is 1. The largest absolute Gasteiger partial charge is 0.321 e. The fourth-order valence-electron chi connectivity index (χ4n) is 2.25. The first-order valence-corrected chi connectivity index (χ1v) is 5.49. The third-order valence-corrected chi connectivity index (χ3v) is 3.04. The van der Waals surface area contributed by atoms with Gasteiger partial charge in [0, 0.05) is 5.56 Å². The lowest BCUT2D eigenvalue weighted by molar-refractivity contribution is 0.0968. The Morgan fingerprint density at radius 3 is 2.73 bits per heavy atom. The normalized spacial score (nSPS) is 21.1. The van der Waals surface area contributed by atoms with Crippen LogP contribution in [0.15, 0.2) is 18.2 Å². The number of carbonyl (C=O) groups is 1. The van der Waals surface area contributed by atoms with Gasteiger partial charge in [0.25, 0.3) is 0 Å². The van der Waals surface area contributed by atoms with Crippen LogP contribution in [0.25, 0.3) is 0 Å². The second-order valence-corrected chi connectivity index (χ2v) is 4.65. The van der Waals surface area contributed by atoms with Gasteiger partial charge >= 0.3 is 0 Å². The number of nitrogens with two attached hydrogens (primary N) is 1. The maximum atomic E-state index is 11.7. The maximum Gasteiger partial charge on any atom is 0.179 e. The number of ketones is 1. The molecule has 1 aliphatic rings. The highest BCUT2D eigenvalue weighted by atomic mass is 16.1. The second-order valence-electron chi connectivity index (χ2n) is 4.65. The van der Waals surface area contributed by atoms with Gasteiger partial charge in [0.15, 0.2) is 5.78 Å². The van der Waals surface area contributed by atoms with Crippen molar-refractivity contribution in [2.24, 2.45) is 11.7 Å². The van der Waals surface area contributed by atoms with Crippen LogP contribution in [0.1, 0.15) is 35.3 Å². The lowest BCUT2D eigenvalue weighted by Gasteiger charge is -2.06. The Morgan fingerprint density at radius 2 is 2.07 bits per heavy atom. The molecule has 1 aromatic carbocycles. The summed E-state index contributed by atoms with van der Waals surface area (Å²) in [5.74, 6) is 0.748. The lowest BCUT2D eigenvalue weighted by atomic mass is 10.0. The fourth-order valence-corrected chi connectivity index (χ4v) is 2.25. The highest BCUT2D eigenvalue weighted by Gasteiger charge is 2.19. The van der Waals surface area contributed by atoms with Crippen LogP contribution < -0.4 is 5.73 Å². The van der Waals surface area contributed by atoms with Crippen molar-refractivity contribution in [1.82, 2.24) is 0 Å². The van der Waals surface area contributed by atoms with Crippen LogP contribution in [0.4, 0.5) is 0 Å². The fraction of sp³-hybridized carbons (Fsp3) is 0.462. The molecule has 2 unspecified atom stereocenters. The Bertz CT molecular complexity index is 396. The molecule has 0 saturated heterocycles. The van der Waals surface area contributed by atoms with Crippen LogP contribution in [0.5, 0.6) is 0 Å². The summed E-state index contributed by atoms with van der Waals surface area (Å²) in [6.45, 7) is 3.98. The van der Waals surface area contributed by atoms with Crippen LogP contribution in [-0.4, -0.2) is 11.8 Å². The Balaban J connectivity index is 2.31. The average Bonchev–Trinajstić information content (AvgIpc) is 2.55. The Hall–Kier alpha value is -1.15. The number of hydrogen-bond donors (Lipinski definition) is 1. The molecular weight excluding hydrogens is 186 g/mol. The minimum absolute atomic E-state index is 0.0392. The van der Waals surface area contributed by atoms with E-state index in [9.17, 15) is 4.79 Å². The molecule has 2 heteroatoms. The van der Waals surface area contributed by atoms with Crippen LogP contribution in [0.2, 0.25) is 0 Å². The number of Topliss-reactive ketones (excluding diaryl/α,β-unsaturated/α-hetero) is 1. The van der Waals surface area contributed by atoms with Gasteiger partial charge in [0.05, 0.1) is 6.04 Å². The summed E-state index contributed by atoms with van der Waals surface area (Å²) in [6.07, 6.45) is 2.23. The topological polar surface area (TPSA) is 43.1 Å². The Kier molecular flexibility index (Phi) is 2.61. The minimum atomic E-state index is -0.401. The van der Waals surface area contributed by atoms with Gasteiger partial charge in [0.1, 0.15) is 0 Å². The summed E-state index contributed by atoms with van der Waals surface area (Å²) >= 11 is 0. The van der Waals surface area contributed by atoms with Crippen molar-refractivity contribution in [2.75, 3.05) is 0 Å². The molecular formula is C13H17NO. The molecule has 2 atom stereocenters. The second kappa shape index (κ2) is 3.78. The molecule has 15 heavy (non-hydrogen) atoms. The van der Waals surface area contributed by atoms with Crippen molar-refractivity contribution in [3.05, 3.63) is 34.9 Å². The van der Waals surface area contributed by atoms with Crippen molar-refractivity contribution in [3.63, 3.8) is 0 Å². The van der Waals surface area contributed by atoms with Gasteiger partial charge in [-0.1, -0.05) is 19.1 Å². The molecule has 0 spiro atoms. The predicted octanol–water partition coefficient (Wildman–Crippen LogP) is 1.95. The molecule has 80 valence electrons. The zero-order valence-corrected chi connectivity index (χ0v) is 9.29. The molecule has 0 amide bonds. The van der Waals surface area contributed by atoms with Crippen LogP contribution in [0, 0.1) is 5.92 Å². The standard InChI is InChI=1S/C13H17NO/c1-8-5-10-3-4-11(7-12(10)6-8)13(15)9(2)14/h3-4,7-9H,5-6,14H2,1-2H3. The summed E-state index contributed by atoms with van der Waals surface area (Å²) in [7, 11) is 0. The average molecular weight is 203 g/mol. The first kappa shape index (κ1) is 10.4. The van der Waals surface area contributed by atoms with E-state index in [-0.39, 0.29) is 5.78 Å². The highest BCUT2D eigenvalue weighted by Crippen LogP contribution is 2.27. The Morgan fingerprint density at radius 1 is 1.40 bits per heavy atom. The summed E-state index contributed by atoms with van der Waals surface area (Å²) < 4.78 is 0. The molecule has 0 heterocycles. The maximum absolute atomic E-state index is 11.7. The third kappa shape index (κ3) is 1.95. The van der Waals surface area contributed by atoms with Gasteiger partial charge in [-0.2, -0.15) is 0 Å². The minimum Gasteiger partial charge on any atom is -0.321 e. The van der Waals surface area contributed by atoms with Crippen molar-refractivity contribution in [2.45, 2.75) is 32.7 Å². The molecule has 2 rings (SSSR count). The van der Waals surface area contributed by atoms with Gasteiger partial charge in [0.2, 0.25) is 0 Å². The van der Waals surface area contributed by atoms with Crippen molar-refractivity contribution in [1.29, 1.82) is 0 Å². The molecule has 0 fully saturated rings. The van der Waals surface area contributed by atoms with E-state index in [4.69, 9.17) is 5.73 Å². The molecule has 1 aliphatic carbocycles. The lowest BCUT2D eigenvalue weighted by Crippen LogP contribution is -2.26. The van der Waals surface area contributed by atoms with E-state index in [1.54, 1.807) is 6.92 Å². The van der Waals surface area contributed by atoms with E-state index in [2.05, 4.69) is 13.0 Å². The van der Waals surface area contributed by atoms with E-state index in [1.165, 1.54) is 11.1 Å². The highest BCUT2D eigenvalue weighted by molar-refractivity contribution is 5.99. The molecule has 2 N–H and O–H groups in total. The molecule has 1 aromatic rings. The summed E-state index contributed by atoms with van der Waals surface area (Å²) in [4.78, 5) is 11.7. The van der Waals surface area contributed by atoms with Gasteiger partial charge < -0.3 is 5.73 Å². The predicted molar refractivity (Wildman–Crippen MR) is 61.0 cm³/mol. The van der Waals surface area contributed by atoms with Crippen LogP contribution in [0.3, 0.4) is 0 Å². The van der Waals surface area contributed by atoms with Crippen molar-refractivity contribution in [3.8, 4) is 0 Å². The van der Waals surface area contributed by atoms with Gasteiger partial charge in [-0.05, 0) is 42.9 Å². The smallest absolute Gasteiger partial charge is 0.179 e. The molecule has 0 saturated carbocycles. The Labute approximate surface area is 90.5 Å². The SMILES string of the molecule is CC1Cc2ccc(C(=O)C(C)N)cc2C1. The summed E-state index contributed by atoms with van der Waals surface area (Å²) in [5.41, 5.74) is 9.07. The van der Waals surface area contributed by atoms with Gasteiger partial charge in [-0.15, -0.1) is 0 Å². The number of fused-ring (bicyclic) bond motifs is 1. The van der Waals surface area contributed by atoms with Crippen molar-refractivity contribution >= 4 is 5.78 Å². The zero-order valence-electron chi connectivity index (χ0n) is 9.29. The van der Waals surface area contributed by atoms with Crippen LogP contribution >= 0.6 is 0 Å². The molecule has 2 nitrogen and oxygen atoms in total. The third-order valence-electron chi connectivity index (χ3n) is 3.04. The zero-order chi connectivity index (χ0) is 11.0. The quantitative estimate of drug-likeness (QED) is 0.746. The first-order valence-electron chi connectivity index (χ1n) is 5.49. The van der Waals surface area contributed by atoms with Gasteiger partial charge in [-0.25, -0.2) is 0 Å². The summed E-state index contributed by atoms with van der Waals surface area (Å²) in [5, 5.41) is 0. The monoisotopic (exact) mass is 203 g/mol. The molecule has 0 bridgehead atoms. The van der Waals surface area contributed by atoms with E-state index in [0.29, 0.717) is 5.92 Å². The number of hydrogen-bond acceptors (Lipinski definition) is 2. The number of carbonyl (C=O) groups excluding carboxylic acids is 1. The van der Waals surface area contributed by atoms with Crippen LogP contribution in [-0.2, 0) is 12.8 Å². The molecule has 0 aliphatic heterocycles. The molecule has 0 radical (unpaired) electrons. The van der Waals surface area contributed by atoms with Crippen molar-refractivity contribution < 1.29 is 4.79 Å². The first-order chi connectivity index (χ1) is 7.08.